The molecule has 4 aliphatic carbocycles. The highest BCUT2D eigenvalue weighted by atomic mass is 15.1. The smallest absolute Gasteiger partial charge is 0.0462 e. The van der Waals surface area contributed by atoms with Crippen LogP contribution in [0.1, 0.15) is 27.8 Å². The van der Waals surface area contributed by atoms with Crippen LogP contribution in [-0.2, 0) is 5.41 Å². The molecule has 5 unspecified atom stereocenters. The molecule has 5 atom stereocenters. The number of allylic oxidation sites excluding steroid dienone is 9. The zero-order valence-electron chi connectivity index (χ0n) is 37.3. The summed E-state index contributed by atoms with van der Waals surface area (Å²) in [6, 6.07) is 76.7. The SMILES string of the molecule is C1=CC2C3C=CC(/C=C/c4ccc(N(c5ccccc5)c5ccccc5)cc4)=CC3C3(c4ccccc4-c4ccc(/C=C/c5ccc(N(c6ccccc6)c6ccccc6)cc5)cc43)C2C=C1. The summed E-state index contributed by atoms with van der Waals surface area (Å²) in [6.45, 7) is 0. The molecule has 67 heavy (non-hydrogen) atoms. The lowest BCUT2D eigenvalue weighted by Crippen LogP contribution is -2.37. The predicted octanol–water partition coefficient (Wildman–Crippen LogP) is 16.9. The maximum absolute atomic E-state index is 2.60. The number of nitrogens with zero attached hydrogens (tertiary/aromatic N) is 2. The van der Waals surface area contributed by atoms with Gasteiger partial charge in [0.25, 0.3) is 0 Å². The zero-order valence-corrected chi connectivity index (χ0v) is 37.3. The third-order valence-electron chi connectivity index (χ3n) is 14.4. The molecule has 2 heteroatoms. The van der Waals surface area contributed by atoms with Crippen molar-refractivity contribution in [3.8, 4) is 11.1 Å². The number of fused-ring (bicyclic) bond motifs is 10. The van der Waals surface area contributed by atoms with Gasteiger partial charge in [0.05, 0.1) is 0 Å². The summed E-state index contributed by atoms with van der Waals surface area (Å²) in [5.41, 5.74) is 17.0. The minimum atomic E-state index is -0.212. The van der Waals surface area contributed by atoms with E-state index in [-0.39, 0.29) is 11.3 Å². The third kappa shape index (κ3) is 7.23. The van der Waals surface area contributed by atoms with Crippen LogP contribution in [0.15, 0.2) is 267 Å². The minimum absolute atomic E-state index is 0.212. The first-order valence-corrected chi connectivity index (χ1v) is 23.6. The number of hydrogen-bond acceptors (Lipinski definition) is 2. The van der Waals surface area contributed by atoms with Crippen molar-refractivity contribution in [1.82, 2.24) is 0 Å². The molecule has 320 valence electrons. The maximum atomic E-state index is 2.60. The fraction of sp³-hybridized carbons (Fsp3) is 0.0769. The standard InChI is InChI=1S/C65H50N2/c1-5-17-51(18-6-1)66(52-19-7-2-8-20-52)55-39-33-47(34-40-55)29-31-49-37-43-59-57-25-13-15-27-61(57)65(63(59)45-49)62-28-16-14-26-58(62)60-44-38-50(46-64(60)65)32-30-48-35-41-56(42-36-48)67(53-21-9-3-10-22-53)54-23-11-4-12-24-54/h1-46,57,59,61,63H/b31-29+,32-30+. The van der Waals surface area contributed by atoms with E-state index in [4.69, 9.17) is 0 Å². The molecule has 0 heterocycles. The number of rotatable bonds is 10. The van der Waals surface area contributed by atoms with Crippen molar-refractivity contribution in [3.05, 3.63) is 294 Å². The molecular formula is C65H50N2. The van der Waals surface area contributed by atoms with E-state index in [1.54, 1.807) is 0 Å². The zero-order chi connectivity index (χ0) is 44.6. The number of para-hydroxylation sites is 4. The third-order valence-corrected chi connectivity index (χ3v) is 14.4. The molecule has 4 aliphatic rings. The van der Waals surface area contributed by atoms with Crippen LogP contribution in [0.25, 0.3) is 29.4 Å². The molecule has 0 aliphatic heterocycles. The minimum Gasteiger partial charge on any atom is -0.311 e. The van der Waals surface area contributed by atoms with Gasteiger partial charge in [0.1, 0.15) is 0 Å². The Hall–Kier alpha value is -8.20. The van der Waals surface area contributed by atoms with Gasteiger partial charge >= 0.3 is 0 Å². The number of benzene rings is 8. The lowest BCUT2D eigenvalue weighted by molar-refractivity contribution is 0.370. The van der Waals surface area contributed by atoms with Crippen LogP contribution in [0, 0.1) is 23.7 Å². The van der Waals surface area contributed by atoms with E-state index in [2.05, 4.69) is 289 Å². The Morgan fingerprint density at radius 3 is 1.34 bits per heavy atom. The van der Waals surface area contributed by atoms with Gasteiger partial charge in [-0.05, 0) is 141 Å². The summed E-state index contributed by atoms with van der Waals surface area (Å²) < 4.78 is 0. The summed E-state index contributed by atoms with van der Waals surface area (Å²) in [5, 5.41) is 0. The van der Waals surface area contributed by atoms with Crippen LogP contribution in [0.5, 0.6) is 0 Å². The second kappa shape index (κ2) is 17.3. The summed E-state index contributed by atoms with van der Waals surface area (Å²) in [4.78, 5) is 4.62. The summed E-state index contributed by atoms with van der Waals surface area (Å²) in [5.74, 6) is 1.39. The average Bonchev–Trinajstić information content (AvgIpc) is 3.86. The fourth-order valence-corrected chi connectivity index (χ4v) is 11.5. The van der Waals surface area contributed by atoms with Crippen molar-refractivity contribution in [3.63, 3.8) is 0 Å². The van der Waals surface area contributed by atoms with E-state index >= 15 is 0 Å². The molecular weight excluding hydrogens is 809 g/mol. The van der Waals surface area contributed by atoms with E-state index in [9.17, 15) is 0 Å². The Labute approximate surface area is 394 Å². The first-order valence-electron chi connectivity index (χ1n) is 23.6. The second-order valence-electron chi connectivity index (χ2n) is 18.1. The van der Waals surface area contributed by atoms with Crippen LogP contribution in [0.4, 0.5) is 34.1 Å². The normalized spacial score (nSPS) is 20.7. The van der Waals surface area contributed by atoms with Crippen molar-refractivity contribution < 1.29 is 0 Å². The largest absolute Gasteiger partial charge is 0.311 e. The van der Waals surface area contributed by atoms with Crippen LogP contribution in [-0.4, -0.2) is 0 Å². The second-order valence-corrected chi connectivity index (χ2v) is 18.1. The molecule has 2 nitrogen and oxygen atoms in total. The Kier molecular flexibility index (Phi) is 10.4. The van der Waals surface area contributed by atoms with Crippen LogP contribution >= 0.6 is 0 Å². The monoisotopic (exact) mass is 858 g/mol. The molecule has 0 amide bonds. The first kappa shape index (κ1) is 40.3. The highest BCUT2D eigenvalue weighted by Crippen LogP contribution is 2.67. The van der Waals surface area contributed by atoms with Crippen molar-refractivity contribution in [2.45, 2.75) is 5.41 Å². The highest BCUT2D eigenvalue weighted by molar-refractivity contribution is 5.86. The van der Waals surface area contributed by atoms with E-state index < -0.39 is 0 Å². The van der Waals surface area contributed by atoms with Crippen molar-refractivity contribution in [2.24, 2.45) is 23.7 Å². The number of hydrogen-bond donors (Lipinski definition) is 0. The topological polar surface area (TPSA) is 6.48 Å². The lowest BCUT2D eigenvalue weighted by atomic mass is 9.62. The molecule has 8 aromatic rings. The molecule has 12 rings (SSSR count). The predicted molar refractivity (Wildman–Crippen MR) is 282 cm³/mol. The van der Waals surface area contributed by atoms with Gasteiger partial charge in [-0.25, -0.2) is 0 Å². The van der Waals surface area contributed by atoms with Gasteiger partial charge < -0.3 is 9.80 Å². The fourth-order valence-electron chi connectivity index (χ4n) is 11.5. The highest BCUT2D eigenvalue weighted by Gasteiger charge is 2.62. The van der Waals surface area contributed by atoms with E-state index in [1.165, 1.54) is 44.5 Å². The Morgan fingerprint density at radius 1 is 0.343 bits per heavy atom. The molecule has 0 radical (unpaired) electrons. The molecule has 0 aromatic heterocycles. The van der Waals surface area contributed by atoms with Crippen molar-refractivity contribution in [1.29, 1.82) is 0 Å². The van der Waals surface area contributed by atoms with Gasteiger partial charge in [-0.3, -0.25) is 0 Å². The Balaban J connectivity index is 0.868. The van der Waals surface area contributed by atoms with E-state index in [0.717, 1.165) is 34.1 Å². The van der Waals surface area contributed by atoms with Gasteiger partial charge in [-0.2, -0.15) is 0 Å². The van der Waals surface area contributed by atoms with Crippen LogP contribution in [0.3, 0.4) is 0 Å². The van der Waals surface area contributed by atoms with Crippen molar-refractivity contribution >= 4 is 52.4 Å². The van der Waals surface area contributed by atoms with Gasteiger partial charge in [0.2, 0.25) is 0 Å². The van der Waals surface area contributed by atoms with Crippen LogP contribution < -0.4 is 9.80 Å². The van der Waals surface area contributed by atoms with Gasteiger partial charge in [0.15, 0.2) is 0 Å². The summed E-state index contributed by atoms with van der Waals surface area (Å²) in [7, 11) is 0. The van der Waals surface area contributed by atoms with E-state index in [1.807, 2.05) is 0 Å². The molecule has 0 saturated heterocycles. The Bertz CT molecular complexity index is 3150. The Morgan fingerprint density at radius 2 is 0.776 bits per heavy atom. The lowest BCUT2D eigenvalue weighted by Gasteiger charge is -2.39. The van der Waals surface area contributed by atoms with Crippen molar-refractivity contribution in [2.75, 3.05) is 9.80 Å². The van der Waals surface area contributed by atoms with Gasteiger partial charge in [-0.1, -0.05) is 206 Å². The molecule has 1 fully saturated rings. The average molecular weight is 859 g/mol. The summed E-state index contributed by atoms with van der Waals surface area (Å²) >= 11 is 0. The number of anilines is 6. The quantitative estimate of drug-likeness (QED) is 0.126. The molecule has 0 bridgehead atoms. The van der Waals surface area contributed by atoms with Gasteiger partial charge in [-0.15, -0.1) is 0 Å². The molecule has 0 N–H and O–H groups in total. The molecule has 1 saturated carbocycles. The first-order chi connectivity index (χ1) is 33.2. The van der Waals surface area contributed by atoms with Crippen LogP contribution in [0.2, 0.25) is 0 Å². The molecule has 1 spiro atoms. The van der Waals surface area contributed by atoms with E-state index in [0.29, 0.717) is 17.8 Å². The van der Waals surface area contributed by atoms with Gasteiger partial charge in [0, 0.05) is 39.5 Å². The summed E-state index contributed by atoms with van der Waals surface area (Å²) in [6.07, 6.45) is 26.2. The maximum Gasteiger partial charge on any atom is 0.0462 e. The molecule has 8 aromatic carbocycles.